The van der Waals surface area contributed by atoms with Crippen LogP contribution in [0.1, 0.15) is 46.6 Å². The van der Waals surface area contributed by atoms with Crippen LogP contribution in [0.15, 0.2) is 41.0 Å². The number of carbonyl (C=O) groups is 1. The van der Waals surface area contributed by atoms with Crippen LogP contribution in [0, 0.1) is 0 Å². The van der Waals surface area contributed by atoms with Gasteiger partial charge in [-0.2, -0.15) is 0 Å². The summed E-state index contributed by atoms with van der Waals surface area (Å²) in [5, 5.41) is 2.96. The maximum Gasteiger partial charge on any atom is 0.251 e. The first-order valence-electron chi connectivity index (χ1n) is 6.70. The van der Waals surface area contributed by atoms with Gasteiger partial charge in [0.05, 0.1) is 12.3 Å². The van der Waals surface area contributed by atoms with E-state index in [1.807, 2.05) is 31.2 Å². The lowest BCUT2D eigenvalue weighted by atomic mass is 10.1. The highest BCUT2D eigenvalue weighted by molar-refractivity contribution is 5.94. The van der Waals surface area contributed by atoms with Crippen molar-refractivity contribution < 1.29 is 9.21 Å². The molecule has 0 unspecified atom stereocenters. The molecule has 0 bridgehead atoms. The number of benzene rings is 1. The molecule has 0 saturated carbocycles. The first-order valence-corrected chi connectivity index (χ1v) is 6.70. The highest BCUT2D eigenvalue weighted by atomic mass is 16.3. The van der Waals surface area contributed by atoms with Crippen LogP contribution < -0.4 is 5.32 Å². The third-order valence-electron chi connectivity index (χ3n) is 3.68. The zero-order valence-electron chi connectivity index (χ0n) is 11.0. The molecular formula is C16H17NO2. The van der Waals surface area contributed by atoms with Crippen LogP contribution in [0.5, 0.6) is 0 Å². The molecule has 1 N–H and O–H groups in total. The molecule has 0 spiro atoms. The van der Waals surface area contributed by atoms with Crippen LogP contribution in [0.4, 0.5) is 0 Å². The van der Waals surface area contributed by atoms with Crippen molar-refractivity contribution in [3.63, 3.8) is 0 Å². The molecule has 1 amide bonds. The Morgan fingerprint density at radius 2 is 2.11 bits per heavy atom. The van der Waals surface area contributed by atoms with Gasteiger partial charge in [-0.05, 0) is 61.6 Å². The number of hydrogen-bond acceptors (Lipinski definition) is 2. The summed E-state index contributed by atoms with van der Waals surface area (Å²) in [5.74, 6) is 0.730. The van der Waals surface area contributed by atoms with Crippen molar-refractivity contribution in [2.24, 2.45) is 0 Å². The van der Waals surface area contributed by atoms with E-state index in [1.54, 1.807) is 6.26 Å². The molecule has 1 heterocycles. The first kappa shape index (κ1) is 12.0. The van der Waals surface area contributed by atoms with Crippen LogP contribution in [-0.2, 0) is 12.8 Å². The van der Waals surface area contributed by atoms with Crippen LogP contribution in [0.2, 0.25) is 0 Å². The van der Waals surface area contributed by atoms with Crippen molar-refractivity contribution in [3.05, 3.63) is 59.0 Å². The molecule has 0 saturated heterocycles. The Morgan fingerprint density at radius 1 is 1.26 bits per heavy atom. The lowest BCUT2D eigenvalue weighted by Gasteiger charge is -2.12. The largest absolute Gasteiger partial charge is 0.467 e. The Labute approximate surface area is 112 Å². The quantitative estimate of drug-likeness (QED) is 0.914. The smallest absolute Gasteiger partial charge is 0.251 e. The summed E-state index contributed by atoms with van der Waals surface area (Å²) in [6.45, 7) is 1.92. The molecule has 0 aliphatic heterocycles. The summed E-state index contributed by atoms with van der Waals surface area (Å²) in [6.07, 6.45) is 5.04. The molecule has 1 aromatic heterocycles. The molecular weight excluding hydrogens is 238 g/mol. The monoisotopic (exact) mass is 255 g/mol. The fourth-order valence-corrected chi connectivity index (χ4v) is 2.60. The second-order valence-corrected chi connectivity index (χ2v) is 5.05. The van der Waals surface area contributed by atoms with Gasteiger partial charge in [0, 0.05) is 5.56 Å². The first-order chi connectivity index (χ1) is 9.24. The van der Waals surface area contributed by atoms with Gasteiger partial charge >= 0.3 is 0 Å². The van der Waals surface area contributed by atoms with Gasteiger partial charge < -0.3 is 9.73 Å². The fourth-order valence-electron chi connectivity index (χ4n) is 2.60. The van der Waals surface area contributed by atoms with Gasteiger partial charge in [-0.1, -0.05) is 6.07 Å². The van der Waals surface area contributed by atoms with Gasteiger partial charge in [-0.25, -0.2) is 0 Å². The van der Waals surface area contributed by atoms with E-state index in [0.29, 0.717) is 0 Å². The average Bonchev–Trinajstić information content (AvgIpc) is 3.09. The summed E-state index contributed by atoms with van der Waals surface area (Å²) < 4.78 is 5.29. The highest BCUT2D eigenvalue weighted by Crippen LogP contribution is 2.23. The van der Waals surface area contributed by atoms with Gasteiger partial charge in [-0.15, -0.1) is 0 Å². The van der Waals surface area contributed by atoms with Crippen molar-refractivity contribution in [3.8, 4) is 0 Å². The van der Waals surface area contributed by atoms with E-state index in [4.69, 9.17) is 4.42 Å². The minimum Gasteiger partial charge on any atom is -0.467 e. The average molecular weight is 255 g/mol. The van der Waals surface area contributed by atoms with E-state index < -0.39 is 0 Å². The molecule has 3 nitrogen and oxygen atoms in total. The molecule has 0 radical (unpaired) electrons. The van der Waals surface area contributed by atoms with Gasteiger partial charge in [0.1, 0.15) is 5.76 Å². The van der Waals surface area contributed by atoms with Gasteiger partial charge in [0.15, 0.2) is 0 Å². The maximum absolute atomic E-state index is 12.2. The minimum absolute atomic E-state index is 0.0430. The predicted molar refractivity (Wildman–Crippen MR) is 73.1 cm³/mol. The molecule has 3 heteroatoms. The van der Waals surface area contributed by atoms with Crippen LogP contribution in [-0.4, -0.2) is 5.91 Å². The summed E-state index contributed by atoms with van der Waals surface area (Å²) >= 11 is 0. The zero-order valence-corrected chi connectivity index (χ0v) is 11.0. The molecule has 1 aliphatic carbocycles. The topological polar surface area (TPSA) is 42.2 Å². The zero-order chi connectivity index (χ0) is 13.2. The number of hydrogen-bond donors (Lipinski definition) is 1. The normalized spacial score (nSPS) is 15.0. The Hall–Kier alpha value is -2.03. The second kappa shape index (κ2) is 4.92. The molecule has 2 aromatic rings. The number of furan rings is 1. The Kier molecular flexibility index (Phi) is 3.11. The van der Waals surface area contributed by atoms with Gasteiger partial charge in [-0.3, -0.25) is 4.79 Å². The number of rotatable bonds is 3. The van der Waals surface area contributed by atoms with E-state index in [-0.39, 0.29) is 11.9 Å². The third-order valence-corrected chi connectivity index (χ3v) is 3.68. The van der Waals surface area contributed by atoms with Crippen molar-refractivity contribution in [1.29, 1.82) is 0 Å². The summed E-state index contributed by atoms with van der Waals surface area (Å²) in [6, 6.07) is 9.59. The molecule has 1 aromatic carbocycles. The van der Waals surface area contributed by atoms with E-state index in [2.05, 4.69) is 11.4 Å². The molecule has 3 rings (SSSR count). The molecule has 1 atom stereocenters. The summed E-state index contributed by atoms with van der Waals surface area (Å²) in [7, 11) is 0. The van der Waals surface area contributed by atoms with E-state index >= 15 is 0 Å². The standard InChI is InChI=1S/C16H17NO2/c1-11(15-6-3-9-19-15)17-16(18)14-8-7-12-4-2-5-13(12)10-14/h3,6-11H,2,4-5H2,1H3,(H,17,18)/t11-/m1/s1. The Balaban J connectivity index is 1.74. The number of aryl methyl sites for hydroxylation is 2. The van der Waals surface area contributed by atoms with Gasteiger partial charge in [0.2, 0.25) is 0 Å². The third kappa shape index (κ3) is 2.41. The number of fused-ring (bicyclic) bond motifs is 1. The Bertz CT molecular complexity index is 587. The second-order valence-electron chi connectivity index (χ2n) is 5.05. The van der Waals surface area contributed by atoms with Crippen molar-refractivity contribution >= 4 is 5.91 Å². The fraction of sp³-hybridized carbons (Fsp3) is 0.312. The van der Waals surface area contributed by atoms with Crippen LogP contribution >= 0.6 is 0 Å². The lowest BCUT2D eigenvalue weighted by molar-refractivity contribution is 0.0935. The number of nitrogens with one attached hydrogen (secondary N) is 1. The van der Waals surface area contributed by atoms with Crippen LogP contribution in [0.3, 0.4) is 0 Å². The van der Waals surface area contributed by atoms with E-state index in [0.717, 1.165) is 24.2 Å². The molecule has 98 valence electrons. The molecule has 1 aliphatic rings. The van der Waals surface area contributed by atoms with Crippen molar-refractivity contribution in [1.82, 2.24) is 5.32 Å². The number of amides is 1. The Morgan fingerprint density at radius 3 is 2.89 bits per heavy atom. The highest BCUT2D eigenvalue weighted by Gasteiger charge is 2.16. The van der Waals surface area contributed by atoms with Crippen LogP contribution in [0.25, 0.3) is 0 Å². The molecule has 19 heavy (non-hydrogen) atoms. The van der Waals surface area contributed by atoms with Crippen molar-refractivity contribution in [2.45, 2.75) is 32.2 Å². The van der Waals surface area contributed by atoms with E-state index in [9.17, 15) is 4.79 Å². The van der Waals surface area contributed by atoms with Gasteiger partial charge in [0.25, 0.3) is 5.91 Å². The predicted octanol–water partition coefficient (Wildman–Crippen LogP) is 3.26. The summed E-state index contributed by atoms with van der Waals surface area (Å²) in [5.41, 5.74) is 3.44. The van der Waals surface area contributed by atoms with Crippen molar-refractivity contribution in [2.75, 3.05) is 0 Å². The maximum atomic E-state index is 12.2. The minimum atomic E-state index is -0.115. The molecule has 0 fully saturated rings. The SMILES string of the molecule is C[C@@H](NC(=O)c1ccc2c(c1)CCC2)c1ccco1. The lowest BCUT2D eigenvalue weighted by Crippen LogP contribution is -2.26. The number of carbonyl (C=O) groups excluding carboxylic acids is 1. The van der Waals surface area contributed by atoms with E-state index in [1.165, 1.54) is 17.5 Å². The summed E-state index contributed by atoms with van der Waals surface area (Å²) in [4.78, 5) is 12.2.